The number of methoxy groups -OCH3 is 1. The highest BCUT2D eigenvalue weighted by atomic mass is 32.2. The number of carbonyl (C=O) groups excluding carboxylic acids is 2. The van der Waals surface area contributed by atoms with E-state index >= 15 is 0 Å². The molecule has 1 aliphatic rings. The van der Waals surface area contributed by atoms with Gasteiger partial charge in [0.15, 0.2) is 5.17 Å². The molecule has 1 aliphatic heterocycles. The summed E-state index contributed by atoms with van der Waals surface area (Å²) in [5, 5.41) is 3.07. The van der Waals surface area contributed by atoms with E-state index in [-0.39, 0.29) is 24.1 Å². The van der Waals surface area contributed by atoms with Crippen LogP contribution in [0.25, 0.3) is 6.08 Å². The van der Waals surface area contributed by atoms with Crippen molar-refractivity contribution in [2.45, 2.75) is 13.8 Å². The van der Waals surface area contributed by atoms with Crippen LogP contribution in [0, 0.1) is 26.2 Å². The molecule has 0 unspecified atom stereocenters. The summed E-state index contributed by atoms with van der Waals surface area (Å²) in [6.45, 7) is 4.11. The molecule has 2 aromatic rings. The Morgan fingerprint density at radius 1 is 1.23 bits per heavy atom. The van der Waals surface area contributed by atoms with E-state index in [1.807, 2.05) is 56.3 Å². The Morgan fingerprint density at radius 3 is 2.52 bits per heavy atom. The SMILES string of the molecule is C#CCNC(=O)CSC1=N/C(=C\c2ccc(OC)cc2)C(=O)N1c1cc(C)cc(C)c1. The van der Waals surface area contributed by atoms with E-state index in [9.17, 15) is 9.59 Å². The molecule has 0 saturated carbocycles. The Labute approximate surface area is 186 Å². The zero-order chi connectivity index (χ0) is 22.4. The highest BCUT2D eigenvalue weighted by molar-refractivity contribution is 8.14. The van der Waals surface area contributed by atoms with Crippen LogP contribution in [0.15, 0.2) is 53.2 Å². The number of amides is 2. The summed E-state index contributed by atoms with van der Waals surface area (Å²) >= 11 is 1.19. The molecular formula is C24H23N3O3S. The number of benzene rings is 2. The van der Waals surface area contributed by atoms with Gasteiger partial charge in [-0.25, -0.2) is 4.99 Å². The van der Waals surface area contributed by atoms with Gasteiger partial charge in [0, 0.05) is 0 Å². The number of nitrogens with one attached hydrogen (secondary N) is 1. The maximum atomic E-state index is 13.3. The number of anilines is 1. The lowest BCUT2D eigenvalue weighted by atomic mass is 10.1. The van der Waals surface area contributed by atoms with Crippen molar-refractivity contribution in [3.8, 4) is 18.1 Å². The topological polar surface area (TPSA) is 71.0 Å². The molecular weight excluding hydrogens is 410 g/mol. The lowest BCUT2D eigenvalue weighted by molar-refractivity contribution is -0.118. The molecule has 0 bridgehead atoms. The van der Waals surface area contributed by atoms with E-state index in [0.29, 0.717) is 10.9 Å². The minimum Gasteiger partial charge on any atom is -0.497 e. The fraction of sp³-hybridized carbons (Fsp3) is 0.208. The minimum atomic E-state index is -0.243. The van der Waals surface area contributed by atoms with Gasteiger partial charge in [0.2, 0.25) is 5.91 Å². The second-order valence-electron chi connectivity index (χ2n) is 6.95. The molecule has 2 aromatic carbocycles. The van der Waals surface area contributed by atoms with Crippen LogP contribution in [0.3, 0.4) is 0 Å². The van der Waals surface area contributed by atoms with E-state index in [1.165, 1.54) is 11.8 Å². The average Bonchev–Trinajstić information content (AvgIpc) is 3.05. The summed E-state index contributed by atoms with van der Waals surface area (Å²) in [7, 11) is 1.60. The van der Waals surface area contributed by atoms with Gasteiger partial charge in [-0.15, -0.1) is 6.42 Å². The quantitative estimate of drug-likeness (QED) is 0.559. The number of hydrogen-bond acceptors (Lipinski definition) is 5. The number of rotatable bonds is 6. The van der Waals surface area contributed by atoms with Crippen LogP contribution in [0.1, 0.15) is 16.7 Å². The molecule has 0 saturated heterocycles. The fourth-order valence-corrected chi connectivity index (χ4v) is 3.93. The van der Waals surface area contributed by atoms with Gasteiger partial charge in [-0.3, -0.25) is 14.5 Å². The summed E-state index contributed by atoms with van der Waals surface area (Å²) in [5.41, 5.74) is 3.91. The molecule has 0 radical (unpaired) electrons. The third-order valence-electron chi connectivity index (χ3n) is 4.43. The van der Waals surface area contributed by atoms with E-state index in [2.05, 4.69) is 16.2 Å². The predicted octanol–water partition coefficient (Wildman–Crippen LogP) is 3.54. The molecule has 0 spiro atoms. The van der Waals surface area contributed by atoms with Crippen molar-refractivity contribution in [3.05, 3.63) is 64.9 Å². The smallest absolute Gasteiger partial charge is 0.283 e. The first kappa shape index (κ1) is 22.2. The highest BCUT2D eigenvalue weighted by Gasteiger charge is 2.32. The van der Waals surface area contributed by atoms with Gasteiger partial charge in [-0.2, -0.15) is 0 Å². The maximum absolute atomic E-state index is 13.3. The fourth-order valence-electron chi connectivity index (χ4n) is 3.09. The predicted molar refractivity (Wildman–Crippen MR) is 126 cm³/mol. The lowest BCUT2D eigenvalue weighted by Crippen LogP contribution is -2.32. The van der Waals surface area contributed by atoms with E-state index in [1.54, 1.807) is 18.1 Å². The van der Waals surface area contributed by atoms with Gasteiger partial charge in [0.1, 0.15) is 11.4 Å². The van der Waals surface area contributed by atoms with Crippen LogP contribution in [0.4, 0.5) is 5.69 Å². The molecule has 158 valence electrons. The van der Waals surface area contributed by atoms with Crippen LogP contribution in [-0.4, -0.2) is 36.4 Å². The molecule has 1 N–H and O–H groups in total. The molecule has 3 rings (SSSR count). The van der Waals surface area contributed by atoms with E-state index in [4.69, 9.17) is 11.2 Å². The van der Waals surface area contributed by atoms with Crippen molar-refractivity contribution in [2.75, 3.05) is 24.3 Å². The van der Waals surface area contributed by atoms with Crippen molar-refractivity contribution in [3.63, 3.8) is 0 Å². The first-order chi connectivity index (χ1) is 14.9. The molecule has 6 nitrogen and oxygen atoms in total. The van der Waals surface area contributed by atoms with Crippen molar-refractivity contribution in [1.29, 1.82) is 0 Å². The Hall–Kier alpha value is -3.50. The van der Waals surface area contributed by atoms with Gasteiger partial charge in [-0.1, -0.05) is 35.9 Å². The van der Waals surface area contributed by atoms with Gasteiger partial charge in [0.05, 0.1) is 25.1 Å². The highest BCUT2D eigenvalue weighted by Crippen LogP contribution is 2.31. The van der Waals surface area contributed by atoms with Crippen LogP contribution in [0.2, 0.25) is 0 Å². The Morgan fingerprint density at radius 2 is 1.90 bits per heavy atom. The third-order valence-corrected chi connectivity index (χ3v) is 5.37. The first-order valence-electron chi connectivity index (χ1n) is 9.61. The number of aliphatic imine (C=N–C) groups is 1. The Bertz CT molecular complexity index is 1080. The number of aryl methyl sites for hydroxylation is 2. The van der Waals surface area contributed by atoms with Crippen molar-refractivity contribution in [2.24, 2.45) is 4.99 Å². The molecule has 31 heavy (non-hydrogen) atoms. The summed E-state index contributed by atoms with van der Waals surface area (Å²) in [6.07, 6.45) is 6.91. The number of thioether (sulfide) groups is 1. The molecule has 0 fully saturated rings. The monoisotopic (exact) mass is 433 g/mol. The number of carbonyl (C=O) groups is 2. The summed E-state index contributed by atoms with van der Waals surface area (Å²) < 4.78 is 5.18. The summed E-state index contributed by atoms with van der Waals surface area (Å²) in [6, 6.07) is 13.2. The largest absolute Gasteiger partial charge is 0.497 e. The Kier molecular flexibility index (Phi) is 7.16. The van der Waals surface area contributed by atoms with E-state index < -0.39 is 0 Å². The van der Waals surface area contributed by atoms with Crippen molar-refractivity contribution >= 4 is 40.5 Å². The third kappa shape index (κ3) is 5.56. The van der Waals surface area contributed by atoms with Crippen LogP contribution >= 0.6 is 11.8 Å². The van der Waals surface area contributed by atoms with Crippen LogP contribution in [0.5, 0.6) is 5.75 Å². The van der Waals surface area contributed by atoms with Crippen molar-refractivity contribution < 1.29 is 14.3 Å². The zero-order valence-corrected chi connectivity index (χ0v) is 18.5. The van der Waals surface area contributed by atoms with Crippen LogP contribution in [-0.2, 0) is 9.59 Å². The molecule has 0 aromatic heterocycles. The van der Waals surface area contributed by atoms with Crippen LogP contribution < -0.4 is 15.0 Å². The molecule has 1 heterocycles. The number of hydrogen-bond donors (Lipinski definition) is 1. The van der Waals surface area contributed by atoms with Gasteiger partial charge >= 0.3 is 0 Å². The minimum absolute atomic E-state index is 0.102. The molecule has 2 amide bonds. The summed E-state index contributed by atoms with van der Waals surface area (Å²) in [5.74, 6) is 2.74. The molecule has 7 heteroatoms. The van der Waals surface area contributed by atoms with Gasteiger partial charge in [0.25, 0.3) is 5.91 Å². The number of ether oxygens (including phenoxy) is 1. The molecule has 0 atom stereocenters. The zero-order valence-electron chi connectivity index (χ0n) is 17.6. The second kappa shape index (κ2) is 10.0. The average molecular weight is 434 g/mol. The summed E-state index contributed by atoms with van der Waals surface area (Å²) in [4.78, 5) is 31.4. The van der Waals surface area contributed by atoms with Gasteiger partial charge in [-0.05, 0) is 60.9 Å². The number of terminal acetylenes is 1. The lowest BCUT2D eigenvalue weighted by Gasteiger charge is -2.19. The van der Waals surface area contributed by atoms with Crippen molar-refractivity contribution in [1.82, 2.24) is 5.32 Å². The molecule has 0 aliphatic carbocycles. The second-order valence-corrected chi connectivity index (χ2v) is 7.90. The Balaban J connectivity index is 1.92. The standard InChI is InChI=1S/C24H23N3O3S/c1-5-10-25-22(28)15-31-24-26-21(14-18-6-8-20(30-4)9-7-18)23(29)27(24)19-12-16(2)11-17(3)13-19/h1,6-9,11-14H,10,15H2,2-4H3,(H,25,28)/b21-14-. The van der Waals surface area contributed by atoms with Gasteiger partial charge < -0.3 is 10.1 Å². The number of nitrogens with zero attached hydrogens (tertiary/aromatic N) is 2. The normalized spacial score (nSPS) is 14.4. The van der Waals surface area contributed by atoms with E-state index in [0.717, 1.165) is 28.1 Å². The maximum Gasteiger partial charge on any atom is 0.283 e. The number of amidine groups is 1. The first-order valence-corrected chi connectivity index (χ1v) is 10.6.